The van der Waals surface area contributed by atoms with Crippen molar-refractivity contribution in [2.75, 3.05) is 13.1 Å². The zero-order valence-corrected chi connectivity index (χ0v) is 14.5. The second kappa shape index (κ2) is 8.16. The highest BCUT2D eigenvalue weighted by Gasteiger charge is 2.31. The van der Waals surface area contributed by atoms with Crippen LogP contribution in [0.4, 0.5) is 0 Å². The molecule has 2 atom stereocenters. The molecule has 1 fully saturated rings. The molecule has 1 aromatic carbocycles. The second-order valence-electron chi connectivity index (χ2n) is 6.17. The number of nitrogens with two attached hydrogens (primary N) is 1. The van der Waals surface area contributed by atoms with Crippen molar-refractivity contribution in [2.24, 2.45) is 5.73 Å². The molecule has 1 aromatic rings. The first-order chi connectivity index (χ1) is 9.92. The summed E-state index contributed by atoms with van der Waals surface area (Å²) in [6.45, 7) is 5.17. The third-order valence-corrected chi connectivity index (χ3v) is 4.21. The minimum atomic E-state index is -0.367. The van der Waals surface area contributed by atoms with Gasteiger partial charge in [0.2, 0.25) is 5.91 Å². The van der Waals surface area contributed by atoms with Gasteiger partial charge in [0.1, 0.15) is 6.10 Å². The highest BCUT2D eigenvalue weighted by Crippen LogP contribution is 2.25. The van der Waals surface area contributed by atoms with Crippen molar-refractivity contribution in [1.82, 2.24) is 5.32 Å². The van der Waals surface area contributed by atoms with Gasteiger partial charge in [-0.15, -0.1) is 12.4 Å². The Labute approximate surface area is 143 Å². The number of halogens is 2. The van der Waals surface area contributed by atoms with Gasteiger partial charge < -0.3 is 15.8 Å². The molecule has 0 aromatic heterocycles. The molecule has 0 saturated carbocycles. The summed E-state index contributed by atoms with van der Waals surface area (Å²) in [6.07, 6.45) is 1.24. The lowest BCUT2D eigenvalue weighted by molar-refractivity contribution is -0.132. The van der Waals surface area contributed by atoms with E-state index in [9.17, 15) is 4.79 Å². The number of carbonyl (C=O) groups is 1. The molecule has 3 N–H and O–H groups in total. The Bertz CT molecular complexity index is 509. The van der Waals surface area contributed by atoms with Crippen LogP contribution in [-0.2, 0) is 14.9 Å². The maximum atomic E-state index is 12.1. The van der Waals surface area contributed by atoms with Crippen molar-refractivity contribution < 1.29 is 9.53 Å². The van der Waals surface area contributed by atoms with E-state index in [-0.39, 0.29) is 35.9 Å². The first kappa shape index (κ1) is 19.2. The number of hydrogen-bond acceptors (Lipinski definition) is 3. The standard InChI is InChI=1S/C16H23ClN2O2.ClH/c1-16(2,11-4-3-5-12(17)8-11)10-19-15(20)14-7-6-13(9-18)21-14;/h3-5,8,13-14H,6-7,9-10,18H2,1-2H3,(H,19,20);1H/t13-,14+;/m1./s1. The van der Waals surface area contributed by atoms with Gasteiger partial charge in [-0.1, -0.05) is 37.6 Å². The summed E-state index contributed by atoms with van der Waals surface area (Å²) in [6, 6.07) is 7.73. The van der Waals surface area contributed by atoms with E-state index in [1.54, 1.807) is 0 Å². The van der Waals surface area contributed by atoms with Crippen molar-refractivity contribution in [1.29, 1.82) is 0 Å². The molecule has 124 valence electrons. The fourth-order valence-corrected chi connectivity index (χ4v) is 2.70. The number of ether oxygens (including phenoxy) is 1. The van der Waals surface area contributed by atoms with Crippen LogP contribution in [0.5, 0.6) is 0 Å². The van der Waals surface area contributed by atoms with Gasteiger partial charge in [0.25, 0.3) is 0 Å². The van der Waals surface area contributed by atoms with Gasteiger partial charge in [0.05, 0.1) is 6.10 Å². The van der Waals surface area contributed by atoms with E-state index < -0.39 is 0 Å². The van der Waals surface area contributed by atoms with Crippen LogP contribution < -0.4 is 11.1 Å². The average molecular weight is 347 g/mol. The fraction of sp³-hybridized carbons (Fsp3) is 0.562. The monoisotopic (exact) mass is 346 g/mol. The highest BCUT2D eigenvalue weighted by molar-refractivity contribution is 6.30. The van der Waals surface area contributed by atoms with Crippen LogP contribution in [-0.4, -0.2) is 31.2 Å². The summed E-state index contributed by atoms with van der Waals surface area (Å²) in [5, 5.41) is 3.69. The second-order valence-corrected chi connectivity index (χ2v) is 6.61. The zero-order chi connectivity index (χ0) is 15.5. The summed E-state index contributed by atoms with van der Waals surface area (Å²) < 4.78 is 5.60. The highest BCUT2D eigenvalue weighted by atomic mass is 35.5. The van der Waals surface area contributed by atoms with Gasteiger partial charge in [0, 0.05) is 23.5 Å². The van der Waals surface area contributed by atoms with Crippen molar-refractivity contribution in [3.63, 3.8) is 0 Å². The normalized spacial score (nSPS) is 21.3. The molecule has 0 bridgehead atoms. The third-order valence-electron chi connectivity index (χ3n) is 3.97. The van der Waals surface area contributed by atoms with Gasteiger partial charge in [-0.05, 0) is 30.5 Å². The number of benzene rings is 1. The lowest BCUT2D eigenvalue weighted by Gasteiger charge is -2.26. The van der Waals surface area contributed by atoms with Crippen LogP contribution in [0, 0.1) is 0 Å². The first-order valence-electron chi connectivity index (χ1n) is 7.31. The van der Waals surface area contributed by atoms with Crippen LogP contribution in [0.25, 0.3) is 0 Å². The third kappa shape index (κ3) is 4.85. The smallest absolute Gasteiger partial charge is 0.249 e. The topological polar surface area (TPSA) is 64.4 Å². The first-order valence-corrected chi connectivity index (χ1v) is 7.69. The summed E-state index contributed by atoms with van der Waals surface area (Å²) in [5.74, 6) is -0.0546. The number of hydrogen-bond donors (Lipinski definition) is 2. The summed E-state index contributed by atoms with van der Waals surface area (Å²) in [5.41, 5.74) is 6.47. The van der Waals surface area contributed by atoms with E-state index in [4.69, 9.17) is 22.1 Å². The molecular weight excluding hydrogens is 323 g/mol. The van der Waals surface area contributed by atoms with Gasteiger partial charge in [0.15, 0.2) is 0 Å². The van der Waals surface area contributed by atoms with E-state index in [2.05, 4.69) is 19.2 Å². The summed E-state index contributed by atoms with van der Waals surface area (Å²) in [7, 11) is 0. The number of rotatable bonds is 5. The molecule has 1 aliphatic heterocycles. The molecule has 2 rings (SSSR count). The number of nitrogens with one attached hydrogen (secondary N) is 1. The quantitative estimate of drug-likeness (QED) is 0.861. The van der Waals surface area contributed by atoms with Crippen LogP contribution in [0.2, 0.25) is 5.02 Å². The van der Waals surface area contributed by atoms with Crippen molar-refractivity contribution in [3.8, 4) is 0 Å². The van der Waals surface area contributed by atoms with Crippen molar-refractivity contribution >= 4 is 29.9 Å². The minimum Gasteiger partial charge on any atom is -0.364 e. The molecule has 1 amide bonds. The molecule has 1 aliphatic rings. The molecule has 0 unspecified atom stereocenters. The van der Waals surface area contributed by atoms with Gasteiger partial charge in [-0.25, -0.2) is 0 Å². The Kier molecular flexibility index (Phi) is 7.13. The van der Waals surface area contributed by atoms with Gasteiger partial charge in [-0.2, -0.15) is 0 Å². The van der Waals surface area contributed by atoms with Crippen LogP contribution in [0.1, 0.15) is 32.3 Å². The lowest BCUT2D eigenvalue weighted by Crippen LogP contribution is -2.42. The SMILES string of the molecule is CC(C)(CNC(=O)[C@@H]1CC[C@H](CN)O1)c1cccc(Cl)c1.Cl. The van der Waals surface area contributed by atoms with Gasteiger partial charge in [-0.3, -0.25) is 4.79 Å². The Morgan fingerprint density at radius 1 is 1.45 bits per heavy atom. The molecule has 0 spiro atoms. The Balaban J connectivity index is 0.00000242. The van der Waals surface area contributed by atoms with Crippen LogP contribution in [0.15, 0.2) is 24.3 Å². The molecular formula is C16H24Cl2N2O2. The molecule has 0 aliphatic carbocycles. The predicted molar refractivity (Wildman–Crippen MR) is 91.7 cm³/mol. The predicted octanol–water partition coefficient (Wildman–Crippen LogP) is 2.66. The Morgan fingerprint density at radius 2 is 2.18 bits per heavy atom. The molecule has 1 saturated heterocycles. The molecule has 1 heterocycles. The molecule has 0 radical (unpaired) electrons. The maximum absolute atomic E-state index is 12.1. The molecule has 4 nitrogen and oxygen atoms in total. The average Bonchev–Trinajstić information content (AvgIpc) is 2.94. The van der Waals surface area contributed by atoms with E-state index in [0.717, 1.165) is 18.4 Å². The van der Waals surface area contributed by atoms with E-state index in [0.29, 0.717) is 18.1 Å². The summed E-state index contributed by atoms with van der Waals surface area (Å²) >= 11 is 6.03. The van der Waals surface area contributed by atoms with Crippen LogP contribution in [0.3, 0.4) is 0 Å². The largest absolute Gasteiger partial charge is 0.364 e. The number of amides is 1. The Morgan fingerprint density at radius 3 is 2.77 bits per heavy atom. The van der Waals surface area contributed by atoms with E-state index >= 15 is 0 Å². The molecule has 22 heavy (non-hydrogen) atoms. The van der Waals surface area contributed by atoms with Crippen LogP contribution >= 0.6 is 24.0 Å². The van der Waals surface area contributed by atoms with Crippen molar-refractivity contribution in [2.45, 2.75) is 44.3 Å². The van der Waals surface area contributed by atoms with E-state index in [1.165, 1.54) is 0 Å². The summed E-state index contributed by atoms with van der Waals surface area (Å²) in [4.78, 5) is 12.1. The fourth-order valence-electron chi connectivity index (χ4n) is 2.51. The zero-order valence-electron chi connectivity index (χ0n) is 13.0. The van der Waals surface area contributed by atoms with Crippen molar-refractivity contribution in [3.05, 3.63) is 34.9 Å². The van der Waals surface area contributed by atoms with E-state index in [1.807, 2.05) is 24.3 Å². The Hall–Kier alpha value is -0.810. The number of carbonyl (C=O) groups excluding carboxylic acids is 1. The minimum absolute atomic E-state index is 0. The lowest BCUT2D eigenvalue weighted by atomic mass is 9.84. The van der Waals surface area contributed by atoms with Gasteiger partial charge >= 0.3 is 0 Å². The maximum Gasteiger partial charge on any atom is 0.249 e. The molecule has 6 heteroatoms.